The minimum absolute atomic E-state index is 0.451. The zero-order chi connectivity index (χ0) is 17.2. The number of hydrogen-bond acceptors (Lipinski definition) is 4. The van der Waals surface area contributed by atoms with E-state index in [2.05, 4.69) is 0 Å². The third-order valence-corrected chi connectivity index (χ3v) is 4.83. The number of carbonyl (C=O) groups excluding carboxylic acids is 1. The van der Waals surface area contributed by atoms with Crippen LogP contribution in [-0.2, 0) is 14.8 Å². The van der Waals surface area contributed by atoms with Crippen LogP contribution in [0, 0.1) is 11.6 Å². The average Bonchev–Trinajstić information content (AvgIpc) is 2.45. The van der Waals surface area contributed by atoms with Crippen LogP contribution in [0.15, 0.2) is 18.2 Å². The number of hydrogen-bond donors (Lipinski definition) is 0. The second kappa shape index (κ2) is 6.79. The number of amides is 1. The minimum atomic E-state index is -4.01. The summed E-state index contributed by atoms with van der Waals surface area (Å²) in [6.07, 6.45) is 0.816. The summed E-state index contributed by atoms with van der Waals surface area (Å²) in [5.74, 6) is -2.53. The van der Waals surface area contributed by atoms with Gasteiger partial charge in [0.2, 0.25) is 15.9 Å². The Bertz CT molecular complexity index is 668. The number of piperazine rings is 1. The zero-order valence-corrected chi connectivity index (χ0v) is 13.8. The molecule has 0 saturated carbocycles. The molecule has 0 N–H and O–H groups in total. The molecule has 1 aromatic carbocycles. The SMILES string of the molecule is CN1CCN(C(=O)CN(c2c(F)cccc2F)S(C)(=O)=O)CC1. The van der Waals surface area contributed by atoms with Crippen LogP contribution in [0.1, 0.15) is 0 Å². The van der Waals surface area contributed by atoms with E-state index in [1.54, 1.807) is 0 Å². The molecule has 0 radical (unpaired) electrons. The number of anilines is 1. The van der Waals surface area contributed by atoms with Crippen LogP contribution in [0.4, 0.5) is 14.5 Å². The molecule has 9 heteroatoms. The highest BCUT2D eigenvalue weighted by Crippen LogP contribution is 2.25. The molecule has 1 amide bonds. The molecule has 1 aromatic rings. The van der Waals surface area contributed by atoms with Gasteiger partial charge in [0.1, 0.15) is 12.2 Å². The Hall–Kier alpha value is -1.74. The molecule has 1 aliphatic heterocycles. The molecule has 0 spiro atoms. The van der Waals surface area contributed by atoms with Crippen molar-refractivity contribution in [3.05, 3.63) is 29.8 Å². The average molecular weight is 347 g/mol. The van der Waals surface area contributed by atoms with E-state index in [9.17, 15) is 22.0 Å². The maximum atomic E-state index is 13.9. The summed E-state index contributed by atoms with van der Waals surface area (Å²) in [7, 11) is -2.10. The van der Waals surface area contributed by atoms with E-state index in [1.807, 2.05) is 11.9 Å². The van der Waals surface area contributed by atoms with Crippen LogP contribution in [0.25, 0.3) is 0 Å². The lowest BCUT2D eigenvalue weighted by Gasteiger charge is -2.34. The van der Waals surface area contributed by atoms with Crippen LogP contribution in [0.2, 0.25) is 0 Å². The Morgan fingerprint density at radius 3 is 2.17 bits per heavy atom. The Labute approximate surface area is 134 Å². The lowest BCUT2D eigenvalue weighted by Crippen LogP contribution is -2.51. The molecule has 23 heavy (non-hydrogen) atoms. The second-order valence-electron chi connectivity index (χ2n) is 5.52. The Kier molecular flexibility index (Phi) is 5.20. The predicted octanol–water partition coefficient (Wildman–Crippen LogP) is 0.505. The normalized spacial score (nSPS) is 16.4. The van der Waals surface area contributed by atoms with E-state index in [4.69, 9.17) is 0 Å². The van der Waals surface area contributed by atoms with E-state index >= 15 is 0 Å². The van der Waals surface area contributed by atoms with Gasteiger partial charge in [0.15, 0.2) is 11.6 Å². The van der Waals surface area contributed by atoms with Gasteiger partial charge in [-0.2, -0.15) is 0 Å². The van der Waals surface area contributed by atoms with E-state index in [0.29, 0.717) is 30.5 Å². The van der Waals surface area contributed by atoms with E-state index < -0.39 is 39.8 Å². The van der Waals surface area contributed by atoms with E-state index in [1.165, 1.54) is 4.90 Å². The first-order chi connectivity index (χ1) is 10.7. The fourth-order valence-electron chi connectivity index (χ4n) is 2.37. The van der Waals surface area contributed by atoms with Crippen LogP contribution in [0.3, 0.4) is 0 Å². The lowest BCUT2D eigenvalue weighted by atomic mass is 10.2. The van der Waals surface area contributed by atoms with Gasteiger partial charge in [0.05, 0.1) is 6.26 Å². The molecule has 1 aliphatic rings. The predicted molar refractivity (Wildman–Crippen MR) is 82.6 cm³/mol. The largest absolute Gasteiger partial charge is 0.339 e. The molecule has 0 bridgehead atoms. The first kappa shape index (κ1) is 17.6. The highest BCUT2D eigenvalue weighted by atomic mass is 32.2. The fourth-order valence-corrected chi connectivity index (χ4v) is 3.22. The summed E-state index contributed by atoms with van der Waals surface area (Å²) in [6.45, 7) is 1.61. The molecule has 0 aromatic heterocycles. The molecule has 0 unspecified atom stereocenters. The number of para-hydroxylation sites is 1. The third kappa shape index (κ3) is 4.17. The summed E-state index contributed by atoms with van der Waals surface area (Å²) in [6, 6.07) is 3.05. The van der Waals surface area contributed by atoms with Crippen molar-refractivity contribution in [2.24, 2.45) is 0 Å². The number of rotatable bonds is 4. The van der Waals surface area contributed by atoms with Crippen LogP contribution >= 0.6 is 0 Å². The highest BCUT2D eigenvalue weighted by Gasteiger charge is 2.29. The molecule has 1 heterocycles. The summed E-state index contributed by atoms with van der Waals surface area (Å²) < 4.78 is 52.1. The summed E-state index contributed by atoms with van der Waals surface area (Å²) >= 11 is 0. The van der Waals surface area contributed by atoms with Gasteiger partial charge < -0.3 is 9.80 Å². The molecule has 2 rings (SSSR count). The van der Waals surface area contributed by atoms with Crippen LogP contribution < -0.4 is 4.31 Å². The van der Waals surface area contributed by atoms with Crippen molar-refractivity contribution in [3.63, 3.8) is 0 Å². The van der Waals surface area contributed by atoms with Crippen molar-refractivity contribution in [1.29, 1.82) is 0 Å². The summed E-state index contributed by atoms with van der Waals surface area (Å²) in [5.41, 5.74) is -0.725. The van der Waals surface area contributed by atoms with Gasteiger partial charge in [-0.3, -0.25) is 9.10 Å². The van der Waals surface area contributed by atoms with Gasteiger partial charge in [-0.15, -0.1) is 0 Å². The van der Waals surface area contributed by atoms with Gasteiger partial charge >= 0.3 is 0 Å². The van der Waals surface area contributed by atoms with Crippen molar-refractivity contribution < 1.29 is 22.0 Å². The number of sulfonamides is 1. The third-order valence-electron chi connectivity index (χ3n) is 3.72. The molecular formula is C14H19F2N3O3S. The molecule has 128 valence electrons. The van der Waals surface area contributed by atoms with Gasteiger partial charge in [0, 0.05) is 26.2 Å². The number of nitrogens with zero attached hydrogens (tertiary/aromatic N) is 3. The van der Waals surface area contributed by atoms with Crippen molar-refractivity contribution in [1.82, 2.24) is 9.80 Å². The van der Waals surface area contributed by atoms with Gasteiger partial charge in [-0.25, -0.2) is 17.2 Å². The van der Waals surface area contributed by atoms with E-state index in [0.717, 1.165) is 24.5 Å². The Morgan fingerprint density at radius 2 is 1.70 bits per heavy atom. The number of carbonyl (C=O) groups is 1. The van der Waals surface area contributed by atoms with Crippen molar-refractivity contribution in [3.8, 4) is 0 Å². The maximum absolute atomic E-state index is 13.9. The fraction of sp³-hybridized carbons (Fsp3) is 0.500. The molecular weight excluding hydrogens is 328 g/mol. The standard InChI is InChI=1S/C14H19F2N3O3S/c1-17-6-8-18(9-7-17)13(20)10-19(23(2,21)22)14-11(15)4-3-5-12(14)16/h3-5H,6-10H2,1-2H3. The topological polar surface area (TPSA) is 60.9 Å². The number of benzene rings is 1. The summed E-state index contributed by atoms with van der Waals surface area (Å²) in [4.78, 5) is 15.8. The van der Waals surface area contributed by atoms with Crippen LogP contribution in [-0.4, -0.2) is 70.2 Å². The number of likely N-dealkylation sites (N-methyl/N-ethyl adjacent to an activating group) is 1. The molecule has 1 saturated heterocycles. The van der Waals surface area contributed by atoms with Crippen molar-refractivity contribution in [2.45, 2.75) is 0 Å². The van der Waals surface area contributed by atoms with Crippen molar-refractivity contribution >= 4 is 21.6 Å². The maximum Gasteiger partial charge on any atom is 0.243 e. The Balaban J connectivity index is 2.26. The van der Waals surface area contributed by atoms with Gasteiger partial charge in [0.25, 0.3) is 0 Å². The Morgan fingerprint density at radius 1 is 1.17 bits per heavy atom. The zero-order valence-electron chi connectivity index (χ0n) is 13.0. The minimum Gasteiger partial charge on any atom is -0.339 e. The molecule has 0 aliphatic carbocycles. The smallest absolute Gasteiger partial charge is 0.243 e. The second-order valence-corrected chi connectivity index (χ2v) is 7.43. The number of halogens is 2. The summed E-state index contributed by atoms with van der Waals surface area (Å²) in [5, 5.41) is 0. The van der Waals surface area contributed by atoms with Crippen LogP contribution in [0.5, 0.6) is 0 Å². The monoisotopic (exact) mass is 347 g/mol. The van der Waals surface area contributed by atoms with Crippen molar-refractivity contribution in [2.75, 3.05) is 50.3 Å². The quantitative estimate of drug-likeness (QED) is 0.796. The van der Waals surface area contributed by atoms with Gasteiger partial charge in [-0.05, 0) is 19.2 Å². The first-order valence-electron chi connectivity index (χ1n) is 7.08. The molecule has 0 atom stereocenters. The lowest BCUT2D eigenvalue weighted by molar-refractivity contribution is -0.131. The van der Waals surface area contributed by atoms with Gasteiger partial charge in [-0.1, -0.05) is 6.07 Å². The molecule has 6 nitrogen and oxygen atoms in total. The first-order valence-corrected chi connectivity index (χ1v) is 8.93. The highest BCUT2D eigenvalue weighted by molar-refractivity contribution is 7.92. The molecule has 1 fully saturated rings. The van der Waals surface area contributed by atoms with E-state index in [-0.39, 0.29) is 0 Å².